The van der Waals surface area contributed by atoms with Crippen LogP contribution < -0.4 is 14.2 Å². The van der Waals surface area contributed by atoms with Crippen molar-refractivity contribution in [3.8, 4) is 17.2 Å². The third-order valence-electron chi connectivity index (χ3n) is 7.18. The molecule has 1 fully saturated rings. The molecular formula is C27H35NO6. The van der Waals surface area contributed by atoms with Gasteiger partial charge in [-0.3, -0.25) is 4.79 Å². The summed E-state index contributed by atoms with van der Waals surface area (Å²) in [4.78, 5) is 29.5. The molecule has 2 aliphatic carbocycles. The molecule has 1 aromatic heterocycles. The van der Waals surface area contributed by atoms with E-state index >= 15 is 0 Å². The van der Waals surface area contributed by atoms with E-state index in [2.05, 4.69) is 4.98 Å². The molecule has 7 heteroatoms. The van der Waals surface area contributed by atoms with Gasteiger partial charge in [0.05, 0.1) is 21.3 Å². The number of hydrogen-bond acceptors (Lipinski definition) is 6. The van der Waals surface area contributed by atoms with Crippen molar-refractivity contribution in [2.75, 3.05) is 21.3 Å². The first-order valence-corrected chi connectivity index (χ1v) is 12.2. The fourth-order valence-corrected chi connectivity index (χ4v) is 5.36. The predicted molar refractivity (Wildman–Crippen MR) is 129 cm³/mol. The summed E-state index contributed by atoms with van der Waals surface area (Å²) in [5, 5.41) is 0. The van der Waals surface area contributed by atoms with Crippen LogP contribution in [0.3, 0.4) is 0 Å². The molecule has 0 unspecified atom stereocenters. The van der Waals surface area contributed by atoms with E-state index in [1.54, 1.807) is 21.3 Å². The minimum absolute atomic E-state index is 0.0266. The predicted octanol–water partition coefficient (Wildman–Crippen LogP) is 5.53. The highest BCUT2D eigenvalue weighted by atomic mass is 16.5. The lowest BCUT2D eigenvalue weighted by atomic mass is 9.81. The number of carbonyl (C=O) groups is 2. The largest absolute Gasteiger partial charge is 0.493 e. The zero-order chi connectivity index (χ0) is 24.2. The van der Waals surface area contributed by atoms with Crippen LogP contribution in [0.5, 0.6) is 17.2 Å². The number of aromatic amines is 1. The van der Waals surface area contributed by atoms with Gasteiger partial charge in [-0.2, -0.15) is 0 Å². The number of rotatable bonds is 6. The monoisotopic (exact) mass is 469 g/mol. The number of ether oxygens (including phenoxy) is 4. The summed E-state index contributed by atoms with van der Waals surface area (Å²) in [6.45, 7) is 1.84. The van der Waals surface area contributed by atoms with Crippen molar-refractivity contribution in [2.24, 2.45) is 0 Å². The van der Waals surface area contributed by atoms with Crippen LogP contribution in [0.4, 0.5) is 0 Å². The molecule has 0 saturated heterocycles. The Kier molecular flexibility index (Phi) is 7.49. The third-order valence-corrected chi connectivity index (χ3v) is 7.18. The van der Waals surface area contributed by atoms with E-state index in [1.807, 2.05) is 19.1 Å². The summed E-state index contributed by atoms with van der Waals surface area (Å²) >= 11 is 0. The highest BCUT2D eigenvalue weighted by Gasteiger charge is 2.33. The summed E-state index contributed by atoms with van der Waals surface area (Å²) < 4.78 is 22.3. The van der Waals surface area contributed by atoms with E-state index < -0.39 is 0 Å². The van der Waals surface area contributed by atoms with Gasteiger partial charge in [0.1, 0.15) is 11.8 Å². The number of fused-ring (bicyclic) bond motifs is 1. The van der Waals surface area contributed by atoms with Crippen LogP contribution in [-0.2, 0) is 11.2 Å². The number of Topliss-reactive ketones (excluding diaryl/α,β-unsaturated/α-hetero) is 1. The fraction of sp³-hybridized carbons (Fsp3) is 0.556. The summed E-state index contributed by atoms with van der Waals surface area (Å²) in [5.74, 6) is 1.24. The Balaban J connectivity index is 1.57. The molecule has 0 spiro atoms. The van der Waals surface area contributed by atoms with Gasteiger partial charge < -0.3 is 23.9 Å². The van der Waals surface area contributed by atoms with Crippen molar-refractivity contribution in [1.82, 2.24) is 4.98 Å². The van der Waals surface area contributed by atoms with Gasteiger partial charge in [0.15, 0.2) is 17.3 Å². The Morgan fingerprint density at radius 3 is 2.12 bits per heavy atom. The zero-order valence-corrected chi connectivity index (χ0v) is 20.6. The van der Waals surface area contributed by atoms with Crippen LogP contribution in [0.1, 0.15) is 95.0 Å². The van der Waals surface area contributed by atoms with Crippen LogP contribution in [0.15, 0.2) is 12.1 Å². The maximum Gasteiger partial charge on any atom is 0.355 e. The molecule has 0 radical (unpaired) electrons. The van der Waals surface area contributed by atoms with Gasteiger partial charge >= 0.3 is 5.97 Å². The molecule has 184 valence electrons. The van der Waals surface area contributed by atoms with Crippen molar-refractivity contribution in [3.05, 3.63) is 40.2 Å². The third kappa shape index (κ3) is 4.79. The molecule has 0 amide bonds. The molecule has 1 saturated carbocycles. The lowest BCUT2D eigenvalue weighted by Gasteiger charge is -2.24. The van der Waals surface area contributed by atoms with Gasteiger partial charge in [-0.15, -0.1) is 0 Å². The Morgan fingerprint density at radius 2 is 1.53 bits per heavy atom. The normalized spacial score (nSPS) is 19.1. The van der Waals surface area contributed by atoms with E-state index in [-0.39, 0.29) is 23.8 Å². The van der Waals surface area contributed by atoms with Crippen LogP contribution in [-0.4, -0.2) is 44.2 Å². The average molecular weight is 470 g/mol. The second kappa shape index (κ2) is 10.5. The molecule has 1 atom stereocenters. The van der Waals surface area contributed by atoms with Crippen molar-refractivity contribution in [1.29, 1.82) is 0 Å². The molecule has 7 nitrogen and oxygen atoms in total. The SMILES string of the molecule is COc1cc([C@H]2CC(=O)c3c([nH]c(C(=O)OC4CCCCCCC4)c3C)C2)cc(OC)c1OC. The maximum atomic E-state index is 13.2. The second-order valence-corrected chi connectivity index (χ2v) is 9.34. The molecule has 1 N–H and O–H groups in total. The number of hydrogen-bond donors (Lipinski definition) is 1. The number of carbonyl (C=O) groups excluding carboxylic acids is 2. The average Bonchev–Trinajstić information content (AvgIpc) is 3.16. The first-order chi connectivity index (χ1) is 16.5. The summed E-state index contributed by atoms with van der Waals surface area (Å²) in [6, 6.07) is 3.79. The van der Waals surface area contributed by atoms with Crippen molar-refractivity contribution in [2.45, 2.75) is 76.7 Å². The molecule has 2 aliphatic rings. The number of H-pyrrole nitrogens is 1. The molecule has 2 aromatic rings. The number of aromatic nitrogens is 1. The molecular weight excluding hydrogens is 434 g/mol. The lowest BCUT2D eigenvalue weighted by molar-refractivity contribution is 0.0232. The van der Waals surface area contributed by atoms with Crippen LogP contribution in [0, 0.1) is 6.92 Å². The van der Waals surface area contributed by atoms with Crippen LogP contribution in [0.25, 0.3) is 0 Å². The first-order valence-electron chi connectivity index (χ1n) is 12.2. The van der Waals surface area contributed by atoms with Gasteiger partial charge in [-0.05, 0) is 68.2 Å². The van der Waals surface area contributed by atoms with E-state index in [1.165, 1.54) is 19.3 Å². The number of nitrogens with one attached hydrogen (secondary N) is 1. The minimum Gasteiger partial charge on any atom is -0.493 e. The second-order valence-electron chi connectivity index (χ2n) is 9.34. The fourth-order valence-electron chi connectivity index (χ4n) is 5.36. The van der Waals surface area contributed by atoms with Gasteiger partial charge in [0.2, 0.25) is 5.75 Å². The minimum atomic E-state index is -0.352. The van der Waals surface area contributed by atoms with Crippen LogP contribution >= 0.6 is 0 Å². The Bertz CT molecular complexity index is 1020. The molecule has 1 heterocycles. The quantitative estimate of drug-likeness (QED) is 0.560. The van der Waals surface area contributed by atoms with E-state index in [9.17, 15) is 9.59 Å². The summed E-state index contributed by atoms with van der Waals surface area (Å²) in [6.07, 6.45) is 8.56. The first kappa shape index (κ1) is 24.2. The van der Waals surface area contributed by atoms with E-state index in [0.717, 1.165) is 36.9 Å². The Hall–Kier alpha value is -2.96. The highest BCUT2D eigenvalue weighted by molar-refractivity contribution is 6.03. The molecule has 1 aromatic carbocycles. The molecule has 0 bridgehead atoms. The van der Waals surface area contributed by atoms with Gasteiger partial charge in [-0.1, -0.05) is 19.3 Å². The number of ketones is 1. The van der Waals surface area contributed by atoms with Gasteiger partial charge in [-0.25, -0.2) is 4.79 Å². The molecule has 4 rings (SSSR count). The van der Waals surface area contributed by atoms with Crippen molar-refractivity contribution < 1.29 is 28.5 Å². The standard InChI is InChI=1S/C27H35NO6/c1-16-24-20(28-25(16)27(30)34-19-10-8-6-5-7-9-11-19)12-17(13-21(24)29)18-14-22(31-2)26(33-4)23(15-18)32-3/h14-15,17,19,28H,5-13H2,1-4H3/t17-/m1/s1. The maximum absolute atomic E-state index is 13.2. The highest BCUT2D eigenvalue weighted by Crippen LogP contribution is 2.43. The van der Waals surface area contributed by atoms with Gasteiger partial charge in [0, 0.05) is 17.7 Å². The van der Waals surface area contributed by atoms with Crippen molar-refractivity contribution >= 4 is 11.8 Å². The van der Waals surface area contributed by atoms with Crippen LogP contribution in [0.2, 0.25) is 0 Å². The number of esters is 1. The summed E-state index contributed by atoms with van der Waals surface area (Å²) in [7, 11) is 4.72. The van der Waals surface area contributed by atoms with Gasteiger partial charge in [0.25, 0.3) is 0 Å². The lowest BCUT2D eigenvalue weighted by Crippen LogP contribution is -2.20. The Labute approximate surface area is 201 Å². The smallest absolute Gasteiger partial charge is 0.355 e. The zero-order valence-electron chi connectivity index (χ0n) is 20.6. The molecule has 34 heavy (non-hydrogen) atoms. The Morgan fingerprint density at radius 1 is 0.912 bits per heavy atom. The van der Waals surface area contributed by atoms with E-state index in [4.69, 9.17) is 18.9 Å². The molecule has 0 aliphatic heterocycles. The van der Waals surface area contributed by atoms with E-state index in [0.29, 0.717) is 46.9 Å². The van der Waals surface area contributed by atoms with Crippen molar-refractivity contribution in [3.63, 3.8) is 0 Å². The summed E-state index contributed by atoms with van der Waals surface area (Å²) in [5.41, 5.74) is 3.45. The topological polar surface area (TPSA) is 86.9 Å². The number of methoxy groups -OCH3 is 3. The number of benzene rings is 1.